The highest BCUT2D eigenvalue weighted by atomic mass is 16.6. The van der Waals surface area contributed by atoms with Crippen LogP contribution in [-0.4, -0.2) is 51.0 Å². The van der Waals surface area contributed by atoms with Gasteiger partial charge in [0.25, 0.3) is 0 Å². The minimum Gasteiger partial charge on any atom is -0.479 e. The van der Waals surface area contributed by atoms with Crippen molar-refractivity contribution in [3.63, 3.8) is 0 Å². The molecule has 0 bridgehead atoms. The summed E-state index contributed by atoms with van der Waals surface area (Å²) >= 11 is 0. The fraction of sp³-hybridized carbons (Fsp3) is 0.833. The summed E-state index contributed by atoms with van der Waals surface area (Å²) in [6.07, 6.45) is -1.57. The van der Waals surface area contributed by atoms with Gasteiger partial charge >= 0.3 is 12.1 Å². The molecule has 1 amide bonds. The zero-order chi connectivity index (χ0) is 14.3. The van der Waals surface area contributed by atoms with E-state index in [9.17, 15) is 19.8 Å². The van der Waals surface area contributed by atoms with E-state index < -0.39 is 35.2 Å². The summed E-state index contributed by atoms with van der Waals surface area (Å²) in [4.78, 5) is 24.5. The predicted octanol–water partition coefficient (Wildman–Crippen LogP) is 1.08. The van der Waals surface area contributed by atoms with Crippen molar-refractivity contribution in [1.29, 1.82) is 0 Å². The molecule has 0 aromatic heterocycles. The van der Waals surface area contributed by atoms with Crippen molar-refractivity contribution in [2.75, 3.05) is 6.54 Å². The fourth-order valence-electron chi connectivity index (χ4n) is 2.05. The lowest BCUT2D eigenvalue weighted by Crippen LogP contribution is -2.54. The van der Waals surface area contributed by atoms with Crippen LogP contribution in [0.2, 0.25) is 0 Å². The number of carboxylic acid groups (broad SMARTS) is 1. The smallest absolute Gasteiger partial charge is 0.411 e. The Morgan fingerprint density at radius 2 is 1.89 bits per heavy atom. The Kier molecular flexibility index (Phi) is 3.63. The van der Waals surface area contributed by atoms with E-state index in [0.29, 0.717) is 0 Å². The molecule has 18 heavy (non-hydrogen) atoms. The zero-order valence-electron chi connectivity index (χ0n) is 11.4. The first-order chi connectivity index (χ1) is 8.00. The number of aliphatic carboxylic acids is 1. The summed E-state index contributed by atoms with van der Waals surface area (Å²) in [6.45, 7) is 8.14. The van der Waals surface area contributed by atoms with Crippen molar-refractivity contribution in [2.24, 2.45) is 5.92 Å². The van der Waals surface area contributed by atoms with Crippen LogP contribution in [0.25, 0.3) is 0 Å². The molecule has 2 N–H and O–H groups in total. The molecule has 1 rings (SSSR count). The molecule has 0 saturated carbocycles. The van der Waals surface area contributed by atoms with E-state index in [1.54, 1.807) is 27.7 Å². The Balaban J connectivity index is 3.01. The minimum atomic E-state index is -1.44. The van der Waals surface area contributed by atoms with Gasteiger partial charge in [0.1, 0.15) is 11.1 Å². The van der Waals surface area contributed by atoms with Crippen molar-refractivity contribution in [3.05, 3.63) is 0 Å². The highest BCUT2D eigenvalue weighted by Gasteiger charge is 2.56. The number of hydrogen-bond acceptors (Lipinski definition) is 4. The largest absolute Gasteiger partial charge is 0.479 e. The van der Waals surface area contributed by atoms with Gasteiger partial charge in [0.2, 0.25) is 0 Å². The molecule has 0 aliphatic carbocycles. The molecule has 1 aliphatic heterocycles. The number of likely N-dealkylation sites (tertiary alicyclic amines) is 1. The Bertz CT molecular complexity index is 362. The topological polar surface area (TPSA) is 87.1 Å². The number of rotatable bonds is 1. The maximum atomic E-state index is 12.0. The molecule has 1 fully saturated rings. The lowest BCUT2D eigenvalue weighted by molar-refractivity contribution is -0.150. The van der Waals surface area contributed by atoms with Crippen LogP contribution in [0, 0.1) is 5.92 Å². The van der Waals surface area contributed by atoms with Crippen molar-refractivity contribution < 1.29 is 24.5 Å². The number of amides is 1. The second kappa shape index (κ2) is 4.42. The monoisotopic (exact) mass is 259 g/mol. The molecule has 6 nitrogen and oxygen atoms in total. The molecule has 0 aromatic carbocycles. The van der Waals surface area contributed by atoms with E-state index in [0.717, 1.165) is 4.90 Å². The number of carbonyl (C=O) groups is 2. The van der Waals surface area contributed by atoms with Crippen LogP contribution in [0.1, 0.15) is 34.6 Å². The Morgan fingerprint density at radius 1 is 1.39 bits per heavy atom. The van der Waals surface area contributed by atoms with Gasteiger partial charge in [0.05, 0.1) is 12.6 Å². The molecule has 0 spiro atoms. The van der Waals surface area contributed by atoms with Gasteiger partial charge < -0.3 is 14.9 Å². The van der Waals surface area contributed by atoms with Gasteiger partial charge in [-0.05, 0) is 27.7 Å². The molecule has 104 valence electrons. The van der Waals surface area contributed by atoms with Gasteiger partial charge in [0, 0.05) is 5.92 Å². The fourth-order valence-corrected chi connectivity index (χ4v) is 2.05. The molecule has 3 atom stereocenters. The van der Waals surface area contributed by atoms with E-state index in [4.69, 9.17) is 4.74 Å². The van der Waals surface area contributed by atoms with E-state index in [-0.39, 0.29) is 6.54 Å². The third-order valence-electron chi connectivity index (χ3n) is 3.44. The molecule has 0 radical (unpaired) electrons. The number of nitrogens with zero attached hydrogens (tertiary/aromatic N) is 1. The van der Waals surface area contributed by atoms with Crippen molar-refractivity contribution in [1.82, 2.24) is 4.90 Å². The molecular formula is C12H21NO5. The highest BCUT2D eigenvalue weighted by Crippen LogP contribution is 2.36. The van der Waals surface area contributed by atoms with Crippen LogP contribution < -0.4 is 0 Å². The second-order valence-electron chi connectivity index (χ2n) is 5.90. The van der Waals surface area contributed by atoms with Gasteiger partial charge in [-0.2, -0.15) is 0 Å². The highest BCUT2D eigenvalue weighted by molar-refractivity contribution is 5.85. The standard InChI is InChI=1S/C12H21NO5/c1-7-8(14)6-13(12(7,5)9(15)16)10(17)18-11(2,3)4/h7-8,14H,6H2,1-5H3,(H,15,16)/t7-,8-,12+/m1/s1. The number of carboxylic acids is 1. The molecule has 0 aromatic rings. The van der Waals surface area contributed by atoms with Crippen LogP contribution in [0.15, 0.2) is 0 Å². The zero-order valence-corrected chi connectivity index (χ0v) is 11.4. The van der Waals surface area contributed by atoms with Crippen LogP contribution in [0.5, 0.6) is 0 Å². The average molecular weight is 259 g/mol. The third-order valence-corrected chi connectivity index (χ3v) is 3.44. The summed E-state index contributed by atoms with van der Waals surface area (Å²) in [7, 11) is 0. The first-order valence-corrected chi connectivity index (χ1v) is 5.92. The quantitative estimate of drug-likeness (QED) is 0.735. The Hall–Kier alpha value is -1.30. The first kappa shape index (κ1) is 14.8. The number of hydrogen-bond donors (Lipinski definition) is 2. The molecule has 1 saturated heterocycles. The predicted molar refractivity (Wildman–Crippen MR) is 64.2 cm³/mol. The summed E-state index contributed by atoms with van der Waals surface area (Å²) < 4.78 is 5.18. The van der Waals surface area contributed by atoms with Crippen LogP contribution in [0.3, 0.4) is 0 Å². The van der Waals surface area contributed by atoms with Crippen LogP contribution in [-0.2, 0) is 9.53 Å². The SMILES string of the molecule is C[C@@H]1[C@H](O)CN(C(=O)OC(C)(C)C)[C@]1(C)C(=O)O. The van der Waals surface area contributed by atoms with Crippen molar-refractivity contribution in [3.8, 4) is 0 Å². The van der Waals surface area contributed by atoms with Crippen LogP contribution in [0.4, 0.5) is 4.79 Å². The minimum absolute atomic E-state index is 0.0289. The lowest BCUT2D eigenvalue weighted by Gasteiger charge is -2.34. The molecule has 0 unspecified atom stereocenters. The van der Waals surface area contributed by atoms with Gasteiger partial charge in [-0.15, -0.1) is 0 Å². The molecule has 1 aliphatic rings. The van der Waals surface area contributed by atoms with E-state index >= 15 is 0 Å². The number of aliphatic hydroxyl groups excluding tert-OH is 1. The number of aliphatic hydroxyl groups is 1. The maximum Gasteiger partial charge on any atom is 0.411 e. The maximum absolute atomic E-state index is 12.0. The first-order valence-electron chi connectivity index (χ1n) is 5.92. The molecule has 6 heteroatoms. The number of ether oxygens (including phenoxy) is 1. The van der Waals surface area contributed by atoms with E-state index in [1.807, 2.05) is 0 Å². The third kappa shape index (κ3) is 2.43. The van der Waals surface area contributed by atoms with E-state index in [1.165, 1.54) is 6.92 Å². The summed E-state index contributed by atoms with van der Waals surface area (Å²) in [6, 6.07) is 0. The van der Waals surface area contributed by atoms with Crippen LogP contribution >= 0.6 is 0 Å². The Morgan fingerprint density at radius 3 is 2.28 bits per heavy atom. The van der Waals surface area contributed by atoms with Gasteiger partial charge in [-0.3, -0.25) is 4.90 Å². The number of carbonyl (C=O) groups excluding carboxylic acids is 1. The van der Waals surface area contributed by atoms with E-state index in [2.05, 4.69) is 0 Å². The number of β-amino-alcohol motifs (C(OH)–C–C–N with tert-alkyl or cyclic N) is 1. The van der Waals surface area contributed by atoms with Gasteiger partial charge in [0.15, 0.2) is 0 Å². The normalized spacial score (nSPS) is 32.4. The Labute approximate surface area is 107 Å². The molecular weight excluding hydrogens is 238 g/mol. The van der Waals surface area contributed by atoms with Gasteiger partial charge in [-0.25, -0.2) is 9.59 Å². The summed E-state index contributed by atoms with van der Waals surface area (Å²) in [5, 5.41) is 19.1. The summed E-state index contributed by atoms with van der Waals surface area (Å²) in [5.74, 6) is -1.69. The van der Waals surface area contributed by atoms with Crippen molar-refractivity contribution in [2.45, 2.75) is 51.9 Å². The lowest BCUT2D eigenvalue weighted by atomic mass is 9.87. The summed E-state index contributed by atoms with van der Waals surface area (Å²) in [5.41, 5.74) is -2.14. The molecule has 1 heterocycles. The van der Waals surface area contributed by atoms with Gasteiger partial charge in [-0.1, -0.05) is 6.92 Å². The average Bonchev–Trinajstić information content (AvgIpc) is 2.41. The second-order valence-corrected chi connectivity index (χ2v) is 5.90. The van der Waals surface area contributed by atoms with Crippen molar-refractivity contribution >= 4 is 12.1 Å².